The van der Waals surface area contributed by atoms with Crippen molar-refractivity contribution in [2.45, 2.75) is 40.0 Å². The van der Waals surface area contributed by atoms with E-state index in [1.54, 1.807) is 6.07 Å². The lowest BCUT2D eigenvalue weighted by Gasteiger charge is -2.14. The second kappa shape index (κ2) is 7.57. The van der Waals surface area contributed by atoms with Gasteiger partial charge in [-0.2, -0.15) is 0 Å². The summed E-state index contributed by atoms with van der Waals surface area (Å²) >= 11 is 0. The van der Waals surface area contributed by atoms with Crippen molar-refractivity contribution in [1.82, 2.24) is 0 Å². The number of aliphatic carboxylic acids is 1. The van der Waals surface area contributed by atoms with Crippen molar-refractivity contribution in [1.29, 1.82) is 0 Å². The van der Waals surface area contributed by atoms with Gasteiger partial charge in [0.1, 0.15) is 11.7 Å². The van der Waals surface area contributed by atoms with E-state index in [9.17, 15) is 14.4 Å². The number of Topliss-reactive ketones (excluding diaryl/α,β-unsaturated/α-hetero) is 1. The molecular formula is C16H21NO4. The third kappa shape index (κ3) is 4.41. The minimum absolute atomic E-state index is 0.343. The van der Waals surface area contributed by atoms with E-state index in [2.05, 4.69) is 5.32 Å². The summed E-state index contributed by atoms with van der Waals surface area (Å²) < 4.78 is 0. The monoisotopic (exact) mass is 291 g/mol. The average Bonchev–Trinajstić information content (AvgIpc) is 2.43. The van der Waals surface area contributed by atoms with Gasteiger partial charge in [0, 0.05) is 12.1 Å². The first-order valence-corrected chi connectivity index (χ1v) is 7.04. The molecule has 1 amide bonds. The largest absolute Gasteiger partial charge is 0.481 e. The van der Waals surface area contributed by atoms with Crippen LogP contribution >= 0.6 is 0 Å². The van der Waals surface area contributed by atoms with Crippen LogP contribution in [0.3, 0.4) is 0 Å². The van der Waals surface area contributed by atoms with Gasteiger partial charge >= 0.3 is 5.97 Å². The Bertz CT molecular complexity index is 537. The number of ketones is 1. The molecule has 0 aromatic heterocycles. The van der Waals surface area contributed by atoms with Crippen LogP contribution in [0.25, 0.3) is 0 Å². The molecule has 21 heavy (non-hydrogen) atoms. The quantitative estimate of drug-likeness (QED) is 0.756. The third-order valence-corrected chi connectivity index (χ3v) is 3.46. The van der Waals surface area contributed by atoms with E-state index in [1.807, 2.05) is 26.0 Å². The minimum atomic E-state index is -1.29. The second-order valence-corrected chi connectivity index (χ2v) is 4.90. The number of nitrogens with one attached hydrogen (secondary N) is 1. The average molecular weight is 291 g/mol. The van der Waals surface area contributed by atoms with Crippen LogP contribution in [0, 0.1) is 5.92 Å². The fourth-order valence-electron chi connectivity index (χ4n) is 2.29. The predicted octanol–water partition coefficient (Wildman–Crippen LogP) is 2.43. The number of hydrogen-bond donors (Lipinski definition) is 2. The number of carbonyl (C=O) groups is 3. The highest BCUT2D eigenvalue weighted by atomic mass is 16.4. The van der Waals surface area contributed by atoms with Crippen molar-refractivity contribution in [2.24, 2.45) is 5.92 Å². The molecule has 1 unspecified atom stereocenters. The van der Waals surface area contributed by atoms with E-state index in [4.69, 9.17) is 5.11 Å². The highest BCUT2D eigenvalue weighted by Gasteiger charge is 2.26. The van der Waals surface area contributed by atoms with Crippen LogP contribution < -0.4 is 5.32 Å². The molecule has 0 heterocycles. The second-order valence-electron chi connectivity index (χ2n) is 4.90. The molecule has 0 spiro atoms. The van der Waals surface area contributed by atoms with E-state index in [0.29, 0.717) is 5.69 Å². The van der Waals surface area contributed by atoms with Crippen molar-refractivity contribution >= 4 is 23.3 Å². The lowest BCUT2D eigenvalue weighted by Crippen LogP contribution is -2.27. The summed E-state index contributed by atoms with van der Waals surface area (Å²) in [6.45, 7) is 5.22. The van der Waals surface area contributed by atoms with E-state index in [0.717, 1.165) is 24.0 Å². The zero-order valence-electron chi connectivity index (χ0n) is 12.6. The minimum Gasteiger partial charge on any atom is -0.481 e. The molecule has 0 aliphatic carbocycles. The zero-order chi connectivity index (χ0) is 16.0. The van der Waals surface area contributed by atoms with Gasteiger partial charge in [-0.25, -0.2) is 0 Å². The molecule has 0 radical (unpaired) electrons. The number of anilines is 1. The summed E-state index contributed by atoms with van der Waals surface area (Å²) in [6.07, 6.45) is 1.29. The van der Waals surface area contributed by atoms with E-state index in [1.165, 1.54) is 6.92 Å². The molecule has 0 fully saturated rings. The smallest absolute Gasteiger partial charge is 0.314 e. The summed E-state index contributed by atoms with van der Waals surface area (Å²) in [5, 5.41) is 11.7. The Kier molecular flexibility index (Phi) is 6.09. The molecule has 5 nitrogen and oxygen atoms in total. The van der Waals surface area contributed by atoms with E-state index in [-0.39, 0.29) is 6.42 Å². The van der Waals surface area contributed by atoms with Gasteiger partial charge in [0.25, 0.3) is 0 Å². The lowest BCUT2D eigenvalue weighted by atomic mass is 9.99. The van der Waals surface area contributed by atoms with Crippen molar-refractivity contribution in [2.75, 3.05) is 5.32 Å². The van der Waals surface area contributed by atoms with Gasteiger partial charge in [-0.1, -0.05) is 26.0 Å². The topological polar surface area (TPSA) is 83.5 Å². The van der Waals surface area contributed by atoms with Crippen molar-refractivity contribution < 1.29 is 19.5 Å². The van der Waals surface area contributed by atoms with E-state index < -0.39 is 23.6 Å². The summed E-state index contributed by atoms with van der Waals surface area (Å²) in [6, 6.07) is 5.65. The van der Waals surface area contributed by atoms with Crippen LogP contribution in [0.2, 0.25) is 0 Å². The summed E-state index contributed by atoms with van der Waals surface area (Å²) in [5.74, 6) is -3.53. The normalized spacial score (nSPS) is 11.8. The first-order valence-electron chi connectivity index (χ1n) is 7.04. The fraction of sp³-hybridized carbons (Fsp3) is 0.438. The van der Waals surface area contributed by atoms with Crippen LogP contribution in [-0.4, -0.2) is 22.8 Å². The molecule has 0 saturated carbocycles. The first-order chi connectivity index (χ1) is 9.90. The van der Waals surface area contributed by atoms with Crippen LogP contribution in [0.4, 0.5) is 5.69 Å². The van der Waals surface area contributed by atoms with Crippen molar-refractivity contribution in [3.05, 3.63) is 29.3 Å². The molecule has 1 aromatic carbocycles. The summed E-state index contributed by atoms with van der Waals surface area (Å²) in [4.78, 5) is 34.2. The Morgan fingerprint density at radius 2 is 1.86 bits per heavy atom. The number of aryl methyl sites for hydroxylation is 1. The number of carbonyl (C=O) groups excluding carboxylic acids is 2. The van der Waals surface area contributed by atoms with Gasteiger partial charge in [0.05, 0.1) is 0 Å². The molecular weight excluding hydrogens is 270 g/mol. The number of carboxylic acids is 1. The number of carboxylic acid groups (broad SMARTS) is 1. The Hall–Kier alpha value is -2.17. The van der Waals surface area contributed by atoms with Gasteiger partial charge in [0.2, 0.25) is 5.91 Å². The summed E-state index contributed by atoms with van der Waals surface area (Å²) in [5.41, 5.74) is 2.88. The Morgan fingerprint density at radius 3 is 2.33 bits per heavy atom. The number of benzene rings is 1. The highest BCUT2D eigenvalue weighted by molar-refractivity contribution is 6.03. The first kappa shape index (κ1) is 16.9. The number of rotatable bonds is 7. The maximum atomic E-state index is 12.0. The predicted molar refractivity (Wildman–Crippen MR) is 80.3 cm³/mol. The molecule has 1 aromatic rings. The fourth-order valence-corrected chi connectivity index (χ4v) is 2.29. The number of hydrogen-bond acceptors (Lipinski definition) is 3. The van der Waals surface area contributed by atoms with Crippen molar-refractivity contribution in [3.63, 3.8) is 0 Å². The molecule has 1 rings (SSSR count). The summed E-state index contributed by atoms with van der Waals surface area (Å²) in [7, 11) is 0. The molecule has 2 N–H and O–H groups in total. The highest BCUT2D eigenvalue weighted by Crippen LogP contribution is 2.22. The molecule has 114 valence electrons. The standard InChI is InChI=1S/C16H21NO4/c1-4-11-7-6-8-14(12(11)5-2)17-15(19)9-13(10(3)18)16(20)21/h6-8,13H,4-5,9H2,1-3H3,(H,17,19)(H,20,21). The van der Waals surface area contributed by atoms with Gasteiger partial charge in [-0.05, 0) is 37.0 Å². The van der Waals surface area contributed by atoms with Gasteiger partial charge in [-0.3, -0.25) is 14.4 Å². The molecule has 0 bridgehead atoms. The molecule has 0 aliphatic heterocycles. The maximum absolute atomic E-state index is 12.0. The maximum Gasteiger partial charge on any atom is 0.314 e. The zero-order valence-corrected chi connectivity index (χ0v) is 12.6. The van der Waals surface area contributed by atoms with Gasteiger partial charge < -0.3 is 10.4 Å². The van der Waals surface area contributed by atoms with Crippen LogP contribution in [0.1, 0.15) is 38.3 Å². The molecule has 1 atom stereocenters. The number of amides is 1. The lowest BCUT2D eigenvalue weighted by molar-refractivity contribution is -0.147. The van der Waals surface area contributed by atoms with Crippen molar-refractivity contribution in [3.8, 4) is 0 Å². The molecule has 0 saturated heterocycles. The Labute approximate surface area is 124 Å². The van der Waals surface area contributed by atoms with Gasteiger partial charge in [0.15, 0.2) is 0 Å². The van der Waals surface area contributed by atoms with Crippen LogP contribution in [0.15, 0.2) is 18.2 Å². The van der Waals surface area contributed by atoms with Gasteiger partial charge in [-0.15, -0.1) is 0 Å². The Morgan fingerprint density at radius 1 is 1.19 bits per heavy atom. The Balaban J connectivity index is 2.89. The SMILES string of the molecule is CCc1cccc(NC(=O)CC(C(C)=O)C(=O)O)c1CC. The third-order valence-electron chi connectivity index (χ3n) is 3.46. The molecule has 5 heteroatoms. The van der Waals surface area contributed by atoms with Crippen LogP contribution in [-0.2, 0) is 27.2 Å². The van der Waals surface area contributed by atoms with Crippen LogP contribution in [0.5, 0.6) is 0 Å². The molecule has 0 aliphatic rings. The van der Waals surface area contributed by atoms with E-state index >= 15 is 0 Å².